The Balaban J connectivity index is 2.12. The van der Waals surface area contributed by atoms with Crippen molar-refractivity contribution in [2.75, 3.05) is 19.4 Å². The molecule has 2 heterocycles. The second kappa shape index (κ2) is 8.63. The zero-order valence-corrected chi connectivity index (χ0v) is 19.4. The molecule has 0 unspecified atom stereocenters. The van der Waals surface area contributed by atoms with E-state index in [4.69, 9.17) is 0 Å². The van der Waals surface area contributed by atoms with Crippen LogP contribution in [0.1, 0.15) is 54.4 Å². The minimum Gasteiger partial charge on any atom is -0.345 e. The molecule has 0 aliphatic rings. The van der Waals surface area contributed by atoms with Crippen LogP contribution in [-0.2, 0) is 0 Å². The lowest BCUT2D eigenvalue weighted by atomic mass is 9.96. The van der Waals surface area contributed by atoms with Crippen molar-refractivity contribution in [3.05, 3.63) is 69.2 Å². The molecule has 0 radical (unpaired) electrons. The van der Waals surface area contributed by atoms with Crippen LogP contribution in [0.2, 0.25) is 0 Å². The van der Waals surface area contributed by atoms with Crippen LogP contribution in [0.4, 0.5) is 5.69 Å². The van der Waals surface area contributed by atoms with Gasteiger partial charge in [-0.2, -0.15) is 10.4 Å². The molecule has 2 aromatic heterocycles. The van der Waals surface area contributed by atoms with Crippen LogP contribution in [0, 0.1) is 45.9 Å². The maximum atomic E-state index is 13.4. The van der Waals surface area contributed by atoms with Crippen molar-refractivity contribution in [1.29, 1.82) is 5.26 Å². The lowest BCUT2D eigenvalue weighted by Gasteiger charge is -2.19. The first kappa shape index (κ1) is 22.7. The van der Waals surface area contributed by atoms with Crippen LogP contribution in [0.15, 0.2) is 24.4 Å². The monoisotopic (exact) mass is 430 g/mol. The molecule has 0 spiro atoms. The molecule has 164 valence electrons. The quantitative estimate of drug-likeness (QED) is 0.681. The molecule has 0 aliphatic carbocycles. The number of aromatic nitrogens is 3. The Morgan fingerprint density at radius 1 is 1.06 bits per heavy atom. The average Bonchev–Trinajstić information content (AvgIpc) is 3.12. The second-order valence-corrected chi connectivity index (χ2v) is 8.10. The zero-order valence-electron chi connectivity index (χ0n) is 19.4. The van der Waals surface area contributed by atoms with Gasteiger partial charge in [0.2, 0.25) is 0 Å². The first-order valence-corrected chi connectivity index (χ1v) is 10.1. The molecule has 1 aromatic carbocycles. The largest absolute Gasteiger partial charge is 0.345 e. The number of carbonyl (C=O) groups is 2. The molecule has 0 aliphatic heterocycles. The first-order valence-electron chi connectivity index (χ1n) is 10.1. The molecule has 1 N–H and O–H groups in total. The molecule has 0 saturated heterocycles. The van der Waals surface area contributed by atoms with E-state index in [0.717, 1.165) is 11.1 Å². The third-order valence-electron chi connectivity index (χ3n) is 5.35. The fraction of sp³-hybridized carbons (Fsp3) is 0.292. The number of nitriles is 1. The number of hydrogen-bond donors (Lipinski definition) is 1. The van der Waals surface area contributed by atoms with Gasteiger partial charge in [-0.25, -0.2) is 9.67 Å². The van der Waals surface area contributed by atoms with Gasteiger partial charge >= 0.3 is 0 Å². The van der Waals surface area contributed by atoms with E-state index in [1.807, 2.05) is 19.9 Å². The highest BCUT2D eigenvalue weighted by Gasteiger charge is 2.24. The molecule has 8 heteroatoms. The Kier molecular flexibility index (Phi) is 6.12. The van der Waals surface area contributed by atoms with Gasteiger partial charge in [-0.15, -0.1) is 0 Å². The van der Waals surface area contributed by atoms with Crippen molar-refractivity contribution >= 4 is 17.5 Å². The van der Waals surface area contributed by atoms with Gasteiger partial charge in [0.05, 0.1) is 28.6 Å². The molecular formula is C24H26N6O2. The summed E-state index contributed by atoms with van der Waals surface area (Å²) in [4.78, 5) is 32.1. The number of amides is 2. The Hall–Kier alpha value is -3.99. The summed E-state index contributed by atoms with van der Waals surface area (Å²) in [7, 11) is 3.25. The number of carbonyl (C=O) groups excluding carboxylic acids is 2. The van der Waals surface area contributed by atoms with Crippen molar-refractivity contribution in [3.63, 3.8) is 0 Å². The van der Waals surface area contributed by atoms with Crippen molar-refractivity contribution in [3.8, 4) is 11.9 Å². The Labute approximate surface area is 187 Å². The fourth-order valence-corrected chi connectivity index (χ4v) is 3.53. The summed E-state index contributed by atoms with van der Waals surface area (Å²) in [5.74, 6) is -0.167. The van der Waals surface area contributed by atoms with Crippen molar-refractivity contribution < 1.29 is 9.59 Å². The van der Waals surface area contributed by atoms with Gasteiger partial charge in [-0.1, -0.05) is 6.07 Å². The third-order valence-corrected chi connectivity index (χ3v) is 5.35. The number of aryl methyl sites for hydroxylation is 3. The van der Waals surface area contributed by atoms with Gasteiger partial charge in [0.15, 0.2) is 5.82 Å². The molecule has 2 amide bonds. The lowest BCUT2D eigenvalue weighted by molar-refractivity contribution is 0.0828. The normalized spacial score (nSPS) is 10.6. The Morgan fingerprint density at radius 2 is 1.75 bits per heavy atom. The number of anilines is 1. The maximum Gasteiger partial charge on any atom is 0.274 e. The molecule has 0 fully saturated rings. The van der Waals surface area contributed by atoms with Gasteiger partial charge in [-0.05, 0) is 69.0 Å². The van der Waals surface area contributed by atoms with E-state index in [-0.39, 0.29) is 11.5 Å². The topological polar surface area (TPSA) is 104 Å². The molecule has 32 heavy (non-hydrogen) atoms. The predicted molar refractivity (Wildman–Crippen MR) is 122 cm³/mol. The van der Waals surface area contributed by atoms with E-state index in [0.29, 0.717) is 39.6 Å². The molecule has 3 rings (SSSR count). The van der Waals surface area contributed by atoms with Gasteiger partial charge in [0.25, 0.3) is 11.8 Å². The average molecular weight is 431 g/mol. The smallest absolute Gasteiger partial charge is 0.274 e. The summed E-state index contributed by atoms with van der Waals surface area (Å²) in [5, 5.41) is 16.8. The second-order valence-electron chi connectivity index (χ2n) is 8.10. The van der Waals surface area contributed by atoms with E-state index >= 15 is 0 Å². The number of pyridine rings is 1. The number of hydrogen-bond acceptors (Lipinski definition) is 5. The van der Waals surface area contributed by atoms with Crippen LogP contribution in [-0.4, -0.2) is 45.6 Å². The van der Waals surface area contributed by atoms with E-state index in [2.05, 4.69) is 21.5 Å². The SMILES string of the molecule is Cc1cnc(-n2nc(C)cc2C(=O)Nc2c(C(=O)N(C)C)cc(C#N)c(C)c2C)c(C)c1. The minimum absolute atomic E-state index is 0.260. The van der Waals surface area contributed by atoms with Gasteiger partial charge in [0, 0.05) is 20.3 Å². The highest BCUT2D eigenvalue weighted by Crippen LogP contribution is 2.29. The van der Waals surface area contributed by atoms with Crippen molar-refractivity contribution in [1.82, 2.24) is 19.7 Å². The number of benzene rings is 1. The van der Waals surface area contributed by atoms with Crippen LogP contribution in [0.5, 0.6) is 0 Å². The highest BCUT2D eigenvalue weighted by atomic mass is 16.2. The summed E-state index contributed by atoms with van der Waals surface area (Å²) < 4.78 is 1.51. The van der Waals surface area contributed by atoms with E-state index < -0.39 is 5.91 Å². The summed E-state index contributed by atoms with van der Waals surface area (Å²) in [6.45, 7) is 9.24. The van der Waals surface area contributed by atoms with Crippen LogP contribution < -0.4 is 5.32 Å². The minimum atomic E-state index is -0.424. The zero-order chi connectivity index (χ0) is 23.7. The van der Waals surface area contributed by atoms with Gasteiger partial charge in [0.1, 0.15) is 5.69 Å². The first-order chi connectivity index (χ1) is 15.0. The van der Waals surface area contributed by atoms with E-state index in [9.17, 15) is 14.9 Å². The number of nitrogens with one attached hydrogen (secondary N) is 1. The highest BCUT2D eigenvalue weighted by molar-refractivity contribution is 6.09. The van der Waals surface area contributed by atoms with Gasteiger partial charge < -0.3 is 10.2 Å². The van der Waals surface area contributed by atoms with Crippen LogP contribution in [0.3, 0.4) is 0 Å². The molecule has 3 aromatic rings. The maximum absolute atomic E-state index is 13.4. The van der Waals surface area contributed by atoms with Crippen LogP contribution in [0.25, 0.3) is 5.82 Å². The van der Waals surface area contributed by atoms with Gasteiger partial charge in [-0.3, -0.25) is 9.59 Å². The number of rotatable bonds is 4. The standard InChI is InChI=1S/C24H26N6O2/c1-13-8-14(2)22(26-12-13)30-20(9-15(3)28-30)23(31)27-21-17(5)16(4)18(11-25)10-19(21)24(32)29(6)7/h8-10,12H,1-7H3,(H,27,31). The lowest BCUT2D eigenvalue weighted by Crippen LogP contribution is -2.26. The Bertz CT molecular complexity index is 1280. The molecular weight excluding hydrogens is 404 g/mol. The Morgan fingerprint density at radius 3 is 2.34 bits per heavy atom. The van der Waals surface area contributed by atoms with Crippen molar-refractivity contribution in [2.24, 2.45) is 0 Å². The third kappa shape index (κ3) is 4.10. The summed E-state index contributed by atoms with van der Waals surface area (Å²) in [6.07, 6.45) is 1.73. The summed E-state index contributed by atoms with van der Waals surface area (Å²) >= 11 is 0. The molecule has 0 saturated carbocycles. The molecule has 8 nitrogen and oxygen atoms in total. The summed E-state index contributed by atoms with van der Waals surface area (Å²) in [5.41, 5.74) is 5.26. The van der Waals surface area contributed by atoms with Crippen molar-refractivity contribution in [2.45, 2.75) is 34.6 Å². The predicted octanol–water partition coefficient (Wildman–Crippen LogP) is 3.64. The fourth-order valence-electron chi connectivity index (χ4n) is 3.53. The van der Waals surface area contributed by atoms with E-state index in [1.54, 1.807) is 47.1 Å². The van der Waals surface area contributed by atoms with E-state index in [1.165, 1.54) is 15.6 Å². The number of nitrogens with zero attached hydrogens (tertiary/aromatic N) is 5. The summed E-state index contributed by atoms with van der Waals surface area (Å²) in [6, 6.07) is 7.30. The molecule has 0 bridgehead atoms. The molecule has 0 atom stereocenters. The van der Waals surface area contributed by atoms with Crippen LogP contribution >= 0.6 is 0 Å².